The molecular weight excluding hydrogens is 264 g/mol. The van der Waals surface area contributed by atoms with E-state index < -0.39 is 15.3 Å². The minimum absolute atomic E-state index is 0.198. The normalized spacial score (nSPS) is 16.3. The van der Waals surface area contributed by atoms with Crippen LogP contribution in [0.4, 0.5) is 0 Å². The van der Waals surface area contributed by atoms with Crippen LogP contribution in [0, 0.1) is 0 Å². The number of sulfonamides is 1. The Morgan fingerprint density at radius 3 is 2.84 bits per heavy atom. The lowest BCUT2D eigenvalue weighted by molar-refractivity contribution is 0.200. The molecule has 0 spiro atoms. The van der Waals surface area contributed by atoms with Crippen molar-refractivity contribution in [2.45, 2.75) is 31.8 Å². The number of hydrogen-bond donors (Lipinski definition) is 2. The predicted octanol–water partition coefficient (Wildman–Crippen LogP) is 0.744. The fourth-order valence-electron chi connectivity index (χ4n) is 2.11. The van der Waals surface area contributed by atoms with Crippen LogP contribution in [-0.4, -0.2) is 27.4 Å². The zero-order chi connectivity index (χ0) is 13.9. The van der Waals surface area contributed by atoms with E-state index in [4.69, 9.17) is 4.74 Å². The SMILES string of the molecule is COCC(C)S(=O)(=O)NCc1ccc2c(c1)CNC2. The highest BCUT2D eigenvalue weighted by atomic mass is 32.2. The average molecular weight is 284 g/mol. The predicted molar refractivity (Wildman–Crippen MR) is 74.1 cm³/mol. The molecule has 1 aliphatic rings. The number of ether oxygens (including phenoxy) is 1. The van der Waals surface area contributed by atoms with Gasteiger partial charge < -0.3 is 10.1 Å². The van der Waals surface area contributed by atoms with Gasteiger partial charge in [0.15, 0.2) is 0 Å². The molecule has 1 unspecified atom stereocenters. The molecular formula is C13H20N2O3S. The summed E-state index contributed by atoms with van der Waals surface area (Å²) in [5, 5.41) is 2.72. The first-order valence-electron chi connectivity index (χ1n) is 6.32. The summed E-state index contributed by atoms with van der Waals surface area (Å²) in [7, 11) is -1.83. The zero-order valence-corrected chi connectivity index (χ0v) is 12.1. The van der Waals surface area contributed by atoms with Crippen LogP contribution in [0.2, 0.25) is 0 Å². The van der Waals surface area contributed by atoms with Crippen molar-refractivity contribution in [1.29, 1.82) is 0 Å². The Morgan fingerprint density at radius 2 is 2.11 bits per heavy atom. The summed E-state index contributed by atoms with van der Waals surface area (Å²) < 4.78 is 31.3. The molecule has 0 saturated heterocycles. The first kappa shape index (κ1) is 14.5. The summed E-state index contributed by atoms with van der Waals surface area (Å²) >= 11 is 0. The Balaban J connectivity index is 1.99. The smallest absolute Gasteiger partial charge is 0.216 e. The van der Waals surface area contributed by atoms with Crippen molar-refractivity contribution < 1.29 is 13.2 Å². The average Bonchev–Trinajstić information content (AvgIpc) is 2.84. The molecule has 2 N–H and O–H groups in total. The molecule has 0 aromatic heterocycles. The maximum Gasteiger partial charge on any atom is 0.216 e. The lowest BCUT2D eigenvalue weighted by Crippen LogP contribution is -2.34. The lowest BCUT2D eigenvalue weighted by atomic mass is 10.1. The third kappa shape index (κ3) is 3.54. The van der Waals surface area contributed by atoms with Crippen LogP contribution in [-0.2, 0) is 34.4 Å². The first-order chi connectivity index (χ1) is 9.03. The third-order valence-corrected chi connectivity index (χ3v) is 5.05. The van der Waals surface area contributed by atoms with Crippen LogP contribution in [0.15, 0.2) is 18.2 Å². The molecule has 106 valence electrons. The van der Waals surface area contributed by atoms with Crippen LogP contribution in [0.1, 0.15) is 23.6 Å². The first-order valence-corrected chi connectivity index (χ1v) is 7.86. The van der Waals surface area contributed by atoms with Crippen molar-refractivity contribution in [3.05, 3.63) is 34.9 Å². The fraction of sp³-hybridized carbons (Fsp3) is 0.538. The van der Waals surface area contributed by atoms with Crippen LogP contribution in [0.3, 0.4) is 0 Å². The van der Waals surface area contributed by atoms with E-state index in [1.54, 1.807) is 6.92 Å². The van der Waals surface area contributed by atoms with E-state index in [9.17, 15) is 8.42 Å². The molecule has 1 aromatic carbocycles. The van der Waals surface area contributed by atoms with Gasteiger partial charge in [0.2, 0.25) is 10.0 Å². The summed E-state index contributed by atoms with van der Waals surface area (Å²) in [6.07, 6.45) is 0. The Bertz CT molecular complexity index is 543. The van der Waals surface area contributed by atoms with E-state index >= 15 is 0 Å². The van der Waals surface area contributed by atoms with Gasteiger partial charge in [0.25, 0.3) is 0 Å². The maximum atomic E-state index is 11.9. The molecule has 0 amide bonds. The molecule has 0 fully saturated rings. The van der Waals surface area contributed by atoms with Crippen molar-refractivity contribution >= 4 is 10.0 Å². The van der Waals surface area contributed by atoms with Crippen molar-refractivity contribution in [2.75, 3.05) is 13.7 Å². The van der Waals surface area contributed by atoms with Crippen LogP contribution >= 0.6 is 0 Å². The minimum atomic E-state index is -3.33. The van der Waals surface area contributed by atoms with Crippen LogP contribution < -0.4 is 10.0 Å². The van der Waals surface area contributed by atoms with Crippen molar-refractivity contribution in [3.63, 3.8) is 0 Å². The quantitative estimate of drug-likeness (QED) is 0.809. The third-order valence-electron chi connectivity index (χ3n) is 3.31. The van der Waals surface area contributed by atoms with Gasteiger partial charge in [-0.15, -0.1) is 0 Å². The highest BCUT2D eigenvalue weighted by molar-refractivity contribution is 7.90. The molecule has 1 aliphatic heterocycles. The minimum Gasteiger partial charge on any atom is -0.383 e. The molecule has 0 saturated carbocycles. The topological polar surface area (TPSA) is 67.4 Å². The number of benzene rings is 1. The number of nitrogens with one attached hydrogen (secondary N) is 2. The van der Waals surface area contributed by atoms with Gasteiger partial charge in [0, 0.05) is 26.7 Å². The van der Waals surface area contributed by atoms with Gasteiger partial charge in [-0.05, 0) is 23.6 Å². The number of hydrogen-bond acceptors (Lipinski definition) is 4. The zero-order valence-electron chi connectivity index (χ0n) is 11.3. The van der Waals surface area contributed by atoms with E-state index in [1.807, 2.05) is 6.07 Å². The van der Waals surface area contributed by atoms with Gasteiger partial charge in [-0.1, -0.05) is 18.2 Å². The number of methoxy groups -OCH3 is 1. The number of fused-ring (bicyclic) bond motifs is 1. The van der Waals surface area contributed by atoms with E-state index in [2.05, 4.69) is 22.2 Å². The van der Waals surface area contributed by atoms with Gasteiger partial charge in [-0.3, -0.25) is 0 Å². The van der Waals surface area contributed by atoms with E-state index in [0.717, 1.165) is 18.7 Å². The van der Waals surface area contributed by atoms with E-state index in [-0.39, 0.29) is 6.61 Å². The Morgan fingerprint density at radius 1 is 1.37 bits per heavy atom. The standard InChI is InChI=1S/C13H20N2O3S/c1-10(9-18-2)19(16,17)15-6-11-3-4-12-7-14-8-13(12)5-11/h3-5,10,14-15H,6-9H2,1-2H3. The lowest BCUT2D eigenvalue weighted by Gasteiger charge is -2.13. The summed E-state index contributed by atoms with van der Waals surface area (Å²) in [5.74, 6) is 0. The second-order valence-corrected chi connectivity index (χ2v) is 7.02. The molecule has 0 bridgehead atoms. The highest BCUT2D eigenvalue weighted by Crippen LogP contribution is 2.17. The summed E-state index contributed by atoms with van der Waals surface area (Å²) in [6.45, 7) is 3.91. The van der Waals surface area contributed by atoms with Crippen LogP contribution in [0.25, 0.3) is 0 Å². The molecule has 2 rings (SSSR count). The van der Waals surface area contributed by atoms with Crippen molar-refractivity contribution in [3.8, 4) is 0 Å². The Hall–Kier alpha value is -0.950. The van der Waals surface area contributed by atoms with Gasteiger partial charge >= 0.3 is 0 Å². The van der Waals surface area contributed by atoms with E-state index in [0.29, 0.717) is 6.54 Å². The molecule has 0 aliphatic carbocycles. The molecule has 1 aromatic rings. The van der Waals surface area contributed by atoms with Gasteiger partial charge in [-0.25, -0.2) is 13.1 Å². The molecule has 0 radical (unpaired) electrons. The van der Waals surface area contributed by atoms with Crippen LogP contribution in [0.5, 0.6) is 0 Å². The van der Waals surface area contributed by atoms with Gasteiger partial charge in [0.1, 0.15) is 0 Å². The Labute approximate surface area is 114 Å². The van der Waals surface area contributed by atoms with Gasteiger partial charge in [-0.2, -0.15) is 0 Å². The second kappa shape index (κ2) is 6.00. The molecule has 19 heavy (non-hydrogen) atoms. The number of rotatable bonds is 6. The molecule has 1 atom stereocenters. The fourth-order valence-corrected chi connectivity index (χ4v) is 3.08. The molecule has 1 heterocycles. The molecule has 5 nitrogen and oxygen atoms in total. The van der Waals surface area contributed by atoms with Crippen molar-refractivity contribution in [1.82, 2.24) is 10.0 Å². The monoisotopic (exact) mass is 284 g/mol. The maximum absolute atomic E-state index is 11.9. The largest absolute Gasteiger partial charge is 0.383 e. The Kier molecular flexibility index (Phi) is 4.57. The molecule has 6 heteroatoms. The van der Waals surface area contributed by atoms with Gasteiger partial charge in [0.05, 0.1) is 11.9 Å². The summed E-state index contributed by atoms with van der Waals surface area (Å²) in [5.41, 5.74) is 3.52. The second-order valence-electron chi connectivity index (χ2n) is 4.84. The summed E-state index contributed by atoms with van der Waals surface area (Å²) in [4.78, 5) is 0. The van der Waals surface area contributed by atoms with Crippen molar-refractivity contribution in [2.24, 2.45) is 0 Å². The van der Waals surface area contributed by atoms with E-state index in [1.165, 1.54) is 18.2 Å². The highest BCUT2D eigenvalue weighted by Gasteiger charge is 2.20. The summed E-state index contributed by atoms with van der Waals surface area (Å²) in [6, 6.07) is 6.08.